The van der Waals surface area contributed by atoms with Crippen molar-refractivity contribution in [1.82, 2.24) is 14.8 Å². The van der Waals surface area contributed by atoms with Gasteiger partial charge in [-0.1, -0.05) is 54.1 Å². The van der Waals surface area contributed by atoms with E-state index in [-0.39, 0.29) is 11.6 Å². The first-order chi connectivity index (χ1) is 15.6. The molecule has 1 saturated heterocycles. The van der Waals surface area contributed by atoms with Crippen LogP contribution in [0.5, 0.6) is 0 Å². The van der Waals surface area contributed by atoms with Gasteiger partial charge in [0.2, 0.25) is 0 Å². The molecule has 1 aromatic heterocycles. The molecule has 1 aliphatic heterocycles. The number of pyridine rings is 1. The number of aromatic nitrogens is 1. The molecule has 5 nitrogen and oxygen atoms in total. The minimum absolute atomic E-state index is 0.205. The Morgan fingerprint density at radius 1 is 0.969 bits per heavy atom. The fourth-order valence-corrected chi connectivity index (χ4v) is 5.19. The largest absolute Gasteiger partial charge is 0.478 e. The van der Waals surface area contributed by atoms with Gasteiger partial charge in [-0.25, -0.2) is 9.78 Å². The number of piperazine rings is 1. The molecule has 0 saturated carbocycles. The third-order valence-corrected chi connectivity index (χ3v) is 6.96. The molecule has 0 radical (unpaired) electrons. The minimum atomic E-state index is -0.927. The van der Waals surface area contributed by atoms with Gasteiger partial charge >= 0.3 is 5.97 Å². The number of thioether (sulfide) groups is 1. The van der Waals surface area contributed by atoms with Crippen LogP contribution in [0, 0.1) is 0 Å². The van der Waals surface area contributed by atoms with Crippen molar-refractivity contribution in [1.29, 1.82) is 0 Å². The molecule has 0 bridgehead atoms. The minimum Gasteiger partial charge on any atom is -0.478 e. The lowest BCUT2D eigenvalue weighted by Gasteiger charge is -2.39. The predicted molar refractivity (Wildman–Crippen MR) is 130 cm³/mol. The molecular weight excluding hydrogens is 442 g/mol. The highest BCUT2D eigenvalue weighted by molar-refractivity contribution is 7.99. The molecule has 1 atom stereocenters. The van der Waals surface area contributed by atoms with Gasteiger partial charge in [-0.3, -0.25) is 9.80 Å². The molecular formula is C25H26ClN3O2S. The van der Waals surface area contributed by atoms with E-state index in [1.807, 2.05) is 12.1 Å². The first kappa shape index (κ1) is 22.8. The van der Waals surface area contributed by atoms with Gasteiger partial charge in [0.25, 0.3) is 0 Å². The number of hydrogen-bond donors (Lipinski definition) is 1. The van der Waals surface area contributed by atoms with E-state index in [9.17, 15) is 9.90 Å². The van der Waals surface area contributed by atoms with Crippen molar-refractivity contribution in [3.8, 4) is 0 Å². The second-order valence-electron chi connectivity index (χ2n) is 7.75. The van der Waals surface area contributed by atoms with Gasteiger partial charge in [-0.05, 0) is 35.4 Å². The number of hydrogen-bond acceptors (Lipinski definition) is 5. The summed E-state index contributed by atoms with van der Waals surface area (Å²) >= 11 is 7.64. The summed E-state index contributed by atoms with van der Waals surface area (Å²) in [5, 5.41) is 10.7. The number of carboxylic acid groups (broad SMARTS) is 1. The van der Waals surface area contributed by atoms with Crippen molar-refractivity contribution in [3.63, 3.8) is 0 Å². The third kappa shape index (κ3) is 5.70. The molecule has 0 spiro atoms. The van der Waals surface area contributed by atoms with Crippen LogP contribution >= 0.6 is 23.4 Å². The van der Waals surface area contributed by atoms with Crippen LogP contribution < -0.4 is 0 Å². The molecule has 166 valence electrons. The van der Waals surface area contributed by atoms with E-state index in [0.29, 0.717) is 5.03 Å². The van der Waals surface area contributed by atoms with Gasteiger partial charge in [-0.2, -0.15) is 0 Å². The third-order valence-electron chi connectivity index (χ3n) is 5.72. The first-order valence-electron chi connectivity index (χ1n) is 10.7. The van der Waals surface area contributed by atoms with E-state index in [2.05, 4.69) is 57.2 Å². The molecule has 32 heavy (non-hydrogen) atoms. The molecule has 3 aromatic rings. The van der Waals surface area contributed by atoms with E-state index in [4.69, 9.17) is 11.6 Å². The van der Waals surface area contributed by atoms with Gasteiger partial charge in [0.05, 0.1) is 11.6 Å². The molecule has 1 unspecified atom stereocenters. The molecule has 4 rings (SSSR count). The van der Waals surface area contributed by atoms with Gasteiger partial charge < -0.3 is 5.11 Å². The van der Waals surface area contributed by atoms with Crippen LogP contribution in [0.25, 0.3) is 0 Å². The van der Waals surface area contributed by atoms with E-state index >= 15 is 0 Å². The molecule has 1 aliphatic rings. The lowest BCUT2D eigenvalue weighted by molar-refractivity contribution is 0.0692. The Kier molecular flexibility index (Phi) is 7.81. The first-order valence-corrected chi connectivity index (χ1v) is 12.1. The average Bonchev–Trinajstić information content (AvgIpc) is 2.82. The summed E-state index contributed by atoms with van der Waals surface area (Å²) in [7, 11) is 0. The van der Waals surface area contributed by atoms with E-state index in [1.54, 1.807) is 18.3 Å². The Morgan fingerprint density at radius 3 is 2.34 bits per heavy atom. The van der Waals surface area contributed by atoms with Crippen LogP contribution in [-0.2, 0) is 0 Å². The van der Waals surface area contributed by atoms with Crippen LogP contribution in [0.2, 0.25) is 5.02 Å². The zero-order valence-corrected chi connectivity index (χ0v) is 19.3. The maximum atomic E-state index is 11.4. The summed E-state index contributed by atoms with van der Waals surface area (Å²) < 4.78 is 0. The zero-order valence-electron chi connectivity index (χ0n) is 17.7. The number of benzene rings is 2. The number of nitrogens with zero attached hydrogens (tertiary/aromatic N) is 3. The Morgan fingerprint density at radius 2 is 1.66 bits per heavy atom. The SMILES string of the molecule is O=C(O)c1cccnc1SCCN1CCN(C(c2ccccc2)c2ccc(Cl)cc2)CC1. The van der Waals surface area contributed by atoms with E-state index < -0.39 is 5.97 Å². The second kappa shape index (κ2) is 11.0. The average molecular weight is 468 g/mol. The molecule has 1 N–H and O–H groups in total. The molecule has 0 amide bonds. The standard InChI is InChI=1S/C25H26ClN3O2S/c26-21-10-8-20(9-11-21)23(19-5-2-1-3-6-19)29-15-13-28(14-16-29)17-18-32-24-22(25(30)31)7-4-12-27-24/h1-12,23H,13-18H2,(H,30,31). The highest BCUT2D eigenvalue weighted by Crippen LogP contribution is 2.30. The molecule has 7 heteroatoms. The van der Waals surface area contributed by atoms with Crippen LogP contribution in [0.15, 0.2) is 78.0 Å². The van der Waals surface area contributed by atoms with Crippen molar-refractivity contribution >= 4 is 29.3 Å². The Balaban J connectivity index is 1.36. The normalized spacial score (nSPS) is 16.0. The van der Waals surface area contributed by atoms with Gasteiger partial charge in [0.1, 0.15) is 5.03 Å². The summed E-state index contributed by atoms with van der Waals surface area (Å²) in [6.07, 6.45) is 1.65. The van der Waals surface area contributed by atoms with Crippen molar-refractivity contribution in [3.05, 3.63) is 94.6 Å². The zero-order chi connectivity index (χ0) is 22.3. The number of carboxylic acids is 1. The molecule has 2 aromatic carbocycles. The van der Waals surface area contributed by atoms with Gasteiger partial charge in [0, 0.05) is 49.7 Å². The highest BCUT2D eigenvalue weighted by atomic mass is 35.5. The molecule has 0 aliphatic carbocycles. The van der Waals surface area contributed by atoms with Gasteiger partial charge in [-0.15, -0.1) is 11.8 Å². The van der Waals surface area contributed by atoms with Crippen molar-refractivity contribution in [2.45, 2.75) is 11.1 Å². The summed E-state index contributed by atoms with van der Waals surface area (Å²) in [5.74, 6) is -0.111. The summed E-state index contributed by atoms with van der Waals surface area (Å²) in [4.78, 5) is 20.6. The number of carbonyl (C=O) groups is 1. The summed E-state index contributed by atoms with van der Waals surface area (Å²) in [5.41, 5.74) is 2.81. The van der Waals surface area contributed by atoms with Gasteiger partial charge in [0.15, 0.2) is 0 Å². The van der Waals surface area contributed by atoms with Crippen LogP contribution in [0.4, 0.5) is 0 Å². The fraction of sp³-hybridized carbons (Fsp3) is 0.280. The van der Waals surface area contributed by atoms with Crippen LogP contribution in [-0.4, -0.2) is 64.3 Å². The summed E-state index contributed by atoms with van der Waals surface area (Å²) in [6.45, 7) is 4.80. The highest BCUT2D eigenvalue weighted by Gasteiger charge is 2.26. The number of rotatable bonds is 8. The Hall–Kier alpha value is -2.38. The van der Waals surface area contributed by atoms with Crippen molar-refractivity contribution in [2.24, 2.45) is 0 Å². The Bertz CT molecular complexity index is 1020. The predicted octanol–water partition coefficient (Wildman–Crippen LogP) is 4.93. The topological polar surface area (TPSA) is 56.7 Å². The van der Waals surface area contributed by atoms with E-state index in [1.165, 1.54) is 22.9 Å². The smallest absolute Gasteiger partial charge is 0.338 e. The van der Waals surface area contributed by atoms with Crippen LogP contribution in [0.1, 0.15) is 27.5 Å². The van der Waals surface area contributed by atoms with Crippen molar-refractivity contribution in [2.75, 3.05) is 38.5 Å². The van der Waals surface area contributed by atoms with E-state index in [0.717, 1.165) is 43.5 Å². The summed E-state index contributed by atoms with van der Waals surface area (Å²) in [6, 6.07) is 22.3. The van der Waals surface area contributed by atoms with Crippen molar-refractivity contribution < 1.29 is 9.90 Å². The lowest BCUT2D eigenvalue weighted by Crippen LogP contribution is -2.48. The molecule has 2 heterocycles. The Labute approximate surface area is 198 Å². The maximum Gasteiger partial charge on any atom is 0.338 e. The fourth-order valence-electron chi connectivity index (χ4n) is 4.08. The lowest BCUT2D eigenvalue weighted by atomic mass is 9.96. The maximum absolute atomic E-state index is 11.4. The number of halogens is 1. The monoisotopic (exact) mass is 467 g/mol. The number of aromatic carboxylic acids is 1. The second-order valence-corrected chi connectivity index (χ2v) is 9.27. The van der Waals surface area contributed by atoms with Crippen LogP contribution in [0.3, 0.4) is 0 Å². The quantitative estimate of drug-likeness (QED) is 0.474. The molecule has 1 fully saturated rings.